The number of aromatic nitrogens is 4. The van der Waals surface area contributed by atoms with Gasteiger partial charge < -0.3 is 14.2 Å². The van der Waals surface area contributed by atoms with Gasteiger partial charge in [-0.05, 0) is 43.1 Å². The Hall–Kier alpha value is -2.67. The molecule has 26 heavy (non-hydrogen) atoms. The van der Waals surface area contributed by atoms with Crippen LogP contribution < -0.4 is 4.90 Å². The minimum absolute atomic E-state index is 0.185. The number of methoxy groups -OCH3 is 1. The van der Waals surface area contributed by atoms with Gasteiger partial charge in [-0.25, -0.2) is 9.78 Å². The van der Waals surface area contributed by atoms with Gasteiger partial charge in [0.1, 0.15) is 0 Å². The molecule has 0 bridgehead atoms. The van der Waals surface area contributed by atoms with Crippen molar-refractivity contribution in [2.24, 2.45) is 0 Å². The predicted molar refractivity (Wildman–Crippen MR) is 101 cm³/mol. The predicted octanol–water partition coefficient (Wildman–Crippen LogP) is 3.16. The molecule has 0 aliphatic rings. The zero-order valence-corrected chi connectivity index (χ0v) is 15.7. The number of carbonyl (C=O) groups excluding carboxylic acids is 1. The van der Waals surface area contributed by atoms with Crippen molar-refractivity contribution in [2.75, 3.05) is 25.1 Å². The SMILES string of the molecule is CCN(CC)c1nc(Cl)nc2c1ncn2Cc1cccc(C(=O)OC)c1. The summed E-state index contributed by atoms with van der Waals surface area (Å²) in [5, 5.41) is 0.185. The number of imidazole rings is 1. The molecule has 0 N–H and O–H groups in total. The van der Waals surface area contributed by atoms with Gasteiger partial charge >= 0.3 is 5.97 Å². The third kappa shape index (κ3) is 3.48. The highest BCUT2D eigenvalue weighted by molar-refractivity contribution is 6.28. The van der Waals surface area contributed by atoms with Crippen LogP contribution in [0.3, 0.4) is 0 Å². The normalized spacial score (nSPS) is 10.9. The summed E-state index contributed by atoms with van der Waals surface area (Å²) >= 11 is 6.15. The number of anilines is 1. The van der Waals surface area contributed by atoms with Gasteiger partial charge in [0, 0.05) is 13.1 Å². The molecule has 0 spiro atoms. The molecule has 8 heteroatoms. The van der Waals surface area contributed by atoms with Crippen molar-refractivity contribution in [2.45, 2.75) is 20.4 Å². The molecule has 3 rings (SSSR count). The van der Waals surface area contributed by atoms with Crippen LogP contribution in [0.2, 0.25) is 5.28 Å². The number of carbonyl (C=O) groups is 1. The average Bonchev–Trinajstić information content (AvgIpc) is 3.04. The van der Waals surface area contributed by atoms with Crippen LogP contribution in [-0.4, -0.2) is 45.7 Å². The highest BCUT2D eigenvalue weighted by atomic mass is 35.5. The van der Waals surface area contributed by atoms with Crippen LogP contribution in [-0.2, 0) is 11.3 Å². The van der Waals surface area contributed by atoms with E-state index in [1.807, 2.05) is 16.7 Å². The largest absolute Gasteiger partial charge is 0.465 e. The van der Waals surface area contributed by atoms with E-state index in [1.165, 1.54) is 7.11 Å². The van der Waals surface area contributed by atoms with E-state index in [0.29, 0.717) is 23.3 Å². The van der Waals surface area contributed by atoms with Gasteiger partial charge in [0.05, 0.1) is 25.5 Å². The quantitative estimate of drug-likeness (QED) is 0.488. The van der Waals surface area contributed by atoms with Crippen molar-refractivity contribution < 1.29 is 9.53 Å². The minimum Gasteiger partial charge on any atom is -0.465 e. The summed E-state index contributed by atoms with van der Waals surface area (Å²) < 4.78 is 6.67. The summed E-state index contributed by atoms with van der Waals surface area (Å²) in [6, 6.07) is 7.28. The monoisotopic (exact) mass is 373 g/mol. The second-order valence-corrected chi connectivity index (χ2v) is 6.06. The van der Waals surface area contributed by atoms with Crippen molar-refractivity contribution in [3.8, 4) is 0 Å². The van der Waals surface area contributed by atoms with Gasteiger partial charge in [-0.15, -0.1) is 0 Å². The van der Waals surface area contributed by atoms with E-state index in [2.05, 4.69) is 33.7 Å². The maximum Gasteiger partial charge on any atom is 0.337 e. The van der Waals surface area contributed by atoms with E-state index < -0.39 is 0 Å². The molecule has 0 atom stereocenters. The number of hydrogen-bond donors (Lipinski definition) is 0. The van der Waals surface area contributed by atoms with Crippen LogP contribution in [0, 0.1) is 0 Å². The van der Waals surface area contributed by atoms with Crippen molar-refractivity contribution >= 4 is 34.6 Å². The smallest absolute Gasteiger partial charge is 0.337 e. The average molecular weight is 374 g/mol. The summed E-state index contributed by atoms with van der Waals surface area (Å²) in [7, 11) is 1.37. The lowest BCUT2D eigenvalue weighted by atomic mass is 10.1. The summed E-state index contributed by atoms with van der Waals surface area (Å²) in [6.07, 6.45) is 1.72. The van der Waals surface area contributed by atoms with Gasteiger partial charge in [0.2, 0.25) is 5.28 Å². The van der Waals surface area contributed by atoms with Crippen molar-refractivity contribution in [1.82, 2.24) is 19.5 Å². The Morgan fingerprint density at radius 2 is 2.04 bits per heavy atom. The Labute approximate surface area is 156 Å². The lowest BCUT2D eigenvalue weighted by Crippen LogP contribution is -2.23. The van der Waals surface area contributed by atoms with E-state index in [1.54, 1.807) is 18.5 Å². The van der Waals surface area contributed by atoms with E-state index in [-0.39, 0.29) is 11.3 Å². The Morgan fingerprint density at radius 1 is 1.27 bits per heavy atom. The van der Waals surface area contributed by atoms with Gasteiger partial charge in [-0.1, -0.05) is 12.1 Å². The lowest BCUT2D eigenvalue weighted by molar-refractivity contribution is 0.0600. The van der Waals surface area contributed by atoms with E-state index in [9.17, 15) is 4.79 Å². The Kier molecular flexibility index (Phi) is 5.37. The zero-order valence-electron chi connectivity index (χ0n) is 14.9. The minimum atomic E-state index is -0.364. The molecule has 7 nitrogen and oxygen atoms in total. The van der Waals surface area contributed by atoms with Crippen LogP contribution in [0.4, 0.5) is 5.82 Å². The number of ether oxygens (including phenoxy) is 1. The first-order valence-electron chi connectivity index (χ1n) is 8.37. The summed E-state index contributed by atoms with van der Waals surface area (Å²) in [6.45, 7) is 6.22. The first-order valence-corrected chi connectivity index (χ1v) is 8.75. The summed E-state index contributed by atoms with van der Waals surface area (Å²) in [5.74, 6) is 0.364. The fraction of sp³-hybridized carbons (Fsp3) is 0.333. The Bertz CT molecular complexity index is 936. The van der Waals surface area contributed by atoms with E-state index in [4.69, 9.17) is 16.3 Å². The summed E-state index contributed by atoms with van der Waals surface area (Å²) in [5.41, 5.74) is 2.81. The van der Waals surface area contributed by atoms with E-state index in [0.717, 1.165) is 24.5 Å². The number of hydrogen-bond acceptors (Lipinski definition) is 6. The van der Waals surface area contributed by atoms with Crippen molar-refractivity contribution in [3.05, 3.63) is 47.0 Å². The van der Waals surface area contributed by atoms with Crippen LogP contribution in [0.25, 0.3) is 11.2 Å². The van der Waals surface area contributed by atoms with Crippen LogP contribution in [0.1, 0.15) is 29.8 Å². The second-order valence-electron chi connectivity index (χ2n) is 5.73. The second kappa shape index (κ2) is 7.70. The molecule has 0 radical (unpaired) electrons. The van der Waals surface area contributed by atoms with Gasteiger partial charge in [-0.2, -0.15) is 9.97 Å². The molecule has 2 aromatic heterocycles. The van der Waals surface area contributed by atoms with Gasteiger partial charge in [0.25, 0.3) is 0 Å². The molecule has 1 aromatic carbocycles. The highest BCUT2D eigenvalue weighted by Crippen LogP contribution is 2.24. The molecular weight excluding hydrogens is 354 g/mol. The van der Waals surface area contributed by atoms with Crippen molar-refractivity contribution in [3.63, 3.8) is 0 Å². The van der Waals surface area contributed by atoms with Gasteiger partial charge in [-0.3, -0.25) is 0 Å². The fourth-order valence-corrected chi connectivity index (χ4v) is 3.03. The Morgan fingerprint density at radius 3 is 2.73 bits per heavy atom. The molecule has 136 valence electrons. The van der Waals surface area contributed by atoms with Crippen LogP contribution >= 0.6 is 11.6 Å². The molecule has 0 saturated carbocycles. The molecule has 0 fully saturated rings. The fourth-order valence-electron chi connectivity index (χ4n) is 2.87. The standard InChI is InChI=1S/C18H20ClN5O2/c1-4-23(5-2)15-14-16(22-18(19)21-15)24(11-20-14)10-12-7-6-8-13(9-12)17(25)26-3/h6-9,11H,4-5,10H2,1-3H3. The lowest BCUT2D eigenvalue weighted by Gasteiger charge is -2.19. The third-order valence-corrected chi connectivity index (χ3v) is 4.35. The molecule has 0 amide bonds. The van der Waals surface area contributed by atoms with Crippen LogP contribution in [0.15, 0.2) is 30.6 Å². The van der Waals surface area contributed by atoms with Gasteiger partial charge in [0.15, 0.2) is 17.0 Å². The number of benzene rings is 1. The third-order valence-electron chi connectivity index (χ3n) is 4.18. The molecule has 0 aliphatic carbocycles. The molecule has 2 heterocycles. The Balaban J connectivity index is 2.01. The molecule has 0 aliphatic heterocycles. The van der Waals surface area contributed by atoms with Crippen LogP contribution in [0.5, 0.6) is 0 Å². The highest BCUT2D eigenvalue weighted by Gasteiger charge is 2.16. The number of esters is 1. The first-order chi connectivity index (χ1) is 12.6. The molecule has 3 aromatic rings. The molecular formula is C18H20ClN5O2. The van der Waals surface area contributed by atoms with Crippen molar-refractivity contribution in [1.29, 1.82) is 0 Å². The maximum absolute atomic E-state index is 11.7. The number of rotatable bonds is 6. The molecule has 0 unspecified atom stereocenters. The maximum atomic E-state index is 11.7. The number of halogens is 1. The number of nitrogens with zero attached hydrogens (tertiary/aromatic N) is 5. The summed E-state index contributed by atoms with van der Waals surface area (Å²) in [4.78, 5) is 27.0. The van der Waals surface area contributed by atoms with E-state index >= 15 is 0 Å². The molecule has 0 saturated heterocycles. The number of fused-ring (bicyclic) bond motifs is 1. The topological polar surface area (TPSA) is 73.1 Å². The zero-order chi connectivity index (χ0) is 18.7. The first kappa shape index (κ1) is 18.1.